The lowest BCUT2D eigenvalue weighted by molar-refractivity contribution is 1.18. The minimum Gasteiger partial charge on any atom is -0.345 e. The Kier molecular flexibility index (Phi) is 18.3. The molecule has 0 amide bonds. The van der Waals surface area contributed by atoms with Gasteiger partial charge < -0.3 is 28.4 Å². The second kappa shape index (κ2) is 30.0. The number of hydrogen-bond acceptors (Lipinski definition) is 3. The second-order valence-corrected chi connectivity index (χ2v) is 29.0. The average molecular weight is 1450 g/mol. The molecule has 0 unspecified atom stereocenters. The van der Waals surface area contributed by atoms with E-state index in [9.17, 15) is 0 Å². The third-order valence-electron chi connectivity index (χ3n) is 22.5. The van der Waals surface area contributed by atoms with Gasteiger partial charge in [-0.05, 0) is 189 Å². The molecule has 18 aromatic carbocycles. The molecule has 3 heterocycles. The number of rotatable bonds is 13. The van der Waals surface area contributed by atoms with Crippen LogP contribution in [0.2, 0.25) is 0 Å². The van der Waals surface area contributed by atoms with Crippen molar-refractivity contribution in [3.8, 4) is 61.6 Å². The fourth-order valence-corrected chi connectivity index (χ4v) is 16.6. The van der Waals surface area contributed by atoms with E-state index in [0.29, 0.717) is 0 Å². The largest absolute Gasteiger partial charge is 0.345 e. The number of aromatic nitrogens is 3. The molecular weight excluding hydrogens is 1370 g/mol. The van der Waals surface area contributed by atoms with Gasteiger partial charge in [-0.3, -0.25) is 0 Å². The predicted molar refractivity (Wildman–Crippen MR) is 483 cm³/mol. The average Bonchev–Trinajstić information content (AvgIpc) is 1.61. The molecule has 0 N–H and O–H groups in total. The highest BCUT2D eigenvalue weighted by Crippen LogP contribution is 2.41. The Labute approximate surface area is 658 Å². The first-order valence-corrected chi connectivity index (χ1v) is 38.7. The maximum atomic E-state index is 2.36. The first-order chi connectivity index (χ1) is 55.8. The van der Waals surface area contributed by atoms with Gasteiger partial charge in [0, 0.05) is 116 Å². The van der Waals surface area contributed by atoms with Crippen molar-refractivity contribution >= 4 is 121 Å². The summed E-state index contributed by atoms with van der Waals surface area (Å²) in [6, 6.07) is 154. The number of benzene rings is 18. The number of para-hydroxylation sites is 7. The Balaban J connectivity index is 0.000000114. The van der Waals surface area contributed by atoms with Gasteiger partial charge in [0.2, 0.25) is 0 Å². The molecule has 6 nitrogen and oxygen atoms in total. The molecule has 0 fully saturated rings. The topological polar surface area (TPSA) is 24.5 Å². The normalized spacial score (nSPS) is 11.3. The number of hydrogen-bond donors (Lipinski definition) is 0. The quantitative estimate of drug-likeness (QED) is 0.115. The van der Waals surface area contributed by atoms with Gasteiger partial charge in [0.15, 0.2) is 0 Å². The molecule has 3 aromatic heterocycles. The number of fused-ring (bicyclic) bond motifs is 11. The maximum absolute atomic E-state index is 2.36. The fourth-order valence-electron chi connectivity index (χ4n) is 16.6. The zero-order chi connectivity index (χ0) is 75.7. The SMILES string of the molecule is CN(c1ccc(-c2ccc(-n3c4ccccc4c4ccccc43)cc2)cc1)c1ccc2ccccc2c1.CN(c1ccc(-c2ccc(-n3c4ccccc4c4ccccc43)cc2)cc1)c1cccc2ccccc12.CN(c1ccc(-c2ccc(-n3c4ccccc4c4ccccc43)cc2)cc1)c1ccccc1-c1ccccc1. The molecule has 0 saturated heterocycles. The van der Waals surface area contributed by atoms with E-state index in [1.54, 1.807) is 0 Å². The van der Waals surface area contributed by atoms with Crippen LogP contribution in [0.4, 0.5) is 34.1 Å². The van der Waals surface area contributed by atoms with E-state index >= 15 is 0 Å². The van der Waals surface area contributed by atoms with E-state index in [0.717, 1.165) is 5.69 Å². The van der Waals surface area contributed by atoms with Gasteiger partial charge in [-0.2, -0.15) is 0 Å². The lowest BCUT2D eigenvalue weighted by Crippen LogP contribution is -2.10. The lowest BCUT2D eigenvalue weighted by Gasteiger charge is -2.23. The van der Waals surface area contributed by atoms with Crippen molar-refractivity contribution in [1.29, 1.82) is 0 Å². The zero-order valence-electron chi connectivity index (χ0n) is 63.2. The van der Waals surface area contributed by atoms with Crippen LogP contribution in [0.5, 0.6) is 0 Å². The third kappa shape index (κ3) is 13.1. The Morgan fingerprint density at radius 3 is 0.841 bits per heavy atom. The minimum absolute atomic E-state index is 1.16. The first-order valence-electron chi connectivity index (χ1n) is 38.7. The molecule has 0 spiro atoms. The molecule has 0 saturated carbocycles. The minimum atomic E-state index is 1.16. The van der Waals surface area contributed by atoms with Gasteiger partial charge in [0.1, 0.15) is 0 Å². The zero-order valence-corrected chi connectivity index (χ0v) is 63.2. The lowest BCUT2D eigenvalue weighted by atomic mass is 10.0. The standard InChI is InChI=1S/C37H28N2.2C35H26N2/c1-38(35-16-8-5-13-32(35)29-11-3-2-4-12-29)30-23-19-27(20-24-30)28-21-25-31(26-22-28)39-36-17-9-6-14-33(36)34-15-7-10-18-37(34)39;1-36(33-16-8-10-27-9-2-3-11-30(27)33)28-21-17-25(18-22-28)26-19-23-29(24-20-26)37-34-14-6-4-12-31(34)32-13-5-7-15-35(32)37;1-36(31-23-18-25-8-2-3-9-28(25)24-31)29-19-14-26(15-20-29)27-16-21-30(22-17-27)37-34-12-6-4-10-32(34)33-11-5-7-13-35(33)37/h2-26H,1H3;2*2-24H,1H3. The summed E-state index contributed by atoms with van der Waals surface area (Å²) in [4.78, 5) is 6.76. The van der Waals surface area contributed by atoms with E-state index in [1.807, 2.05) is 0 Å². The fraction of sp³-hybridized carbons (Fsp3) is 0.0280. The van der Waals surface area contributed by atoms with Crippen LogP contribution in [0, 0.1) is 0 Å². The molecule has 0 radical (unpaired) electrons. The summed E-state index contributed by atoms with van der Waals surface area (Å²) in [5.74, 6) is 0. The van der Waals surface area contributed by atoms with Gasteiger partial charge in [-0.1, -0.05) is 297 Å². The molecule has 113 heavy (non-hydrogen) atoms. The van der Waals surface area contributed by atoms with Crippen LogP contribution in [0.1, 0.15) is 0 Å². The van der Waals surface area contributed by atoms with Crippen molar-refractivity contribution in [2.75, 3.05) is 35.8 Å². The summed E-state index contributed by atoms with van der Waals surface area (Å²) >= 11 is 0. The summed E-state index contributed by atoms with van der Waals surface area (Å²) in [7, 11) is 6.40. The van der Waals surface area contributed by atoms with Crippen LogP contribution < -0.4 is 14.7 Å². The van der Waals surface area contributed by atoms with Crippen LogP contribution in [0.15, 0.2) is 431 Å². The van der Waals surface area contributed by atoms with Crippen molar-refractivity contribution in [3.63, 3.8) is 0 Å². The Hall–Kier alpha value is -14.7. The van der Waals surface area contributed by atoms with Crippen LogP contribution in [0.3, 0.4) is 0 Å². The van der Waals surface area contributed by atoms with Crippen molar-refractivity contribution in [3.05, 3.63) is 431 Å². The van der Waals surface area contributed by atoms with E-state index < -0.39 is 0 Å². The Morgan fingerprint density at radius 2 is 0.442 bits per heavy atom. The molecular formula is C107H80N6. The van der Waals surface area contributed by atoms with E-state index in [2.05, 4.69) is 480 Å². The van der Waals surface area contributed by atoms with Gasteiger partial charge in [0.05, 0.1) is 33.1 Å². The molecule has 6 heteroatoms. The van der Waals surface area contributed by atoms with E-state index in [-0.39, 0.29) is 0 Å². The van der Waals surface area contributed by atoms with E-state index in [1.165, 1.54) is 177 Å². The molecule has 538 valence electrons. The van der Waals surface area contributed by atoms with Gasteiger partial charge in [-0.25, -0.2) is 0 Å². The molecule has 0 aliphatic rings. The second-order valence-electron chi connectivity index (χ2n) is 29.0. The number of anilines is 6. The molecule has 0 bridgehead atoms. The molecule has 21 aromatic rings. The van der Waals surface area contributed by atoms with Crippen LogP contribution in [-0.4, -0.2) is 34.8 Å². The molecule has 0 aliphatic carbocycles. The highest BCUT2D eigenvalue weighted by Gasteiger charge is 2.18. The van der Waals surface area contributed by atoms with Crippen molar-refractivity contribution in [2.24, 2.45) is 0 Å². The third-order valence-corrected chi connectivity index (χ3v) is 22.5. The van der Waals surface area contributed by atoms with E-state index in [4.69, 9.17) is 0 Å². The Morgan fingerprint density at radius 1 is 0.168 bits per heavy atom. The molecule has 21 rings (SSSR count). The van der Waals surface area contributed by atoms with Crippen LogP contribution in [-0.2, 0) is 0 Å². The Bertz CT molecular complexity index is 6820. The summed E-state index contributed by atoms with van der Waals surface area (Å²) in [5.41, 5.74) is 27.7. The van der Waals surface area contributed by atoms with Crippen molar-refractivity contribution < 1.29 is 0 Å². The van der Waals surface area contributed by atoms with Crippen LogP contribution >= 0.6 is 0 Å². The maximum Gasteiger partial charge on any atom is 0.0541 e. The highest BCUT2D eigenvalue weighted by atomic mass is 15.1. The van der Waals surface area contributed by atoms with Gasteiger partial charge in [-0.15, -0.1) is 0 Å². The summed E-state index contributed by atoms with van der Waals surface area (Å²) in [5, 5.41) is 12.7. The number of nitrogens with zero attached hydrogens (tertiary/aromatic N) is 6. The molecule has 0 atom stereocenters. The van der Waals surface area contributed by atoms with Gasteiger partial charge >= 0.3 is 0 Å². The smallest absolute Gasteiger partial charge is 0.0541 e. The summed E-state index contributed by atoms with van der Waals surface area (Å²) < 4.78 is 7.07. The van der Waals surface area contributed by atoms with Crippen LogP contribution in [0.25, 0.3) is 149 Å². The van der Waals surface area contributed by atoms with Crippen molar-refractivity contribution in [1.82, 2.24) is 13.7 Å². The summed E-state index contributed by atoms with van der Waals surface area (Å²) in [6.45, 7) is 0. The van der Waals surface area contributed by atoms with Crippen molar-refractivity contribution in [2.45, 2.75) is 0 Å². The monoisotopic (exact) mass is 1450 g/mol. The molecule has 0 aliphatic heterocycles. The summed E-state index contributed by atoms with van der Waals surface area (Å²) in [6.07, 6.45) is 0. The van der Waals surface area contributed by atoms with Gasteiger partial charge in [0.25, 0.3) is 0 Å². The first kappa shape index (κ1) is 68.8. The predicted octanol–water partition coefficient (Wildman–Crippen LogP) is 28.6. The highest BCUT2D eigenvalue weighted by molar-refractivity contribution is 6.11.